The summed E-state index contributed by atoms with van der Waals surface area (Å²) in [6.07, 6.45) is 7.35. The molecule has 0 saturated carbocycles. The van der Waals surface area contributed by atoms with Crippen LogP contribution < -0.4 is 10.4 Å². The highest BCUT2D eigenvalue weighted by molar-refractivity contribution is 5.49. The molecule has 7 heteroatoms. The van der Waals surface area contributed by atoms with Crippen LogP contribution in [0.1, 0.15) is 18.1 Å². The van der Waals surface area contributed by atoms with E-state index in [0.29, 0.717) is 28.7 Å². The number of rotatable bonds is 4. The lowest BCUT2D eigenvalue weighted by Gasteiger charge is -2.10. The van der Waals surface area contributed by atoms with E-state index in [-0.39, 0.29) is 12.3 Å². The summed E-state index contributed by atoms with van der Waals surface area (Å²) in [4.78, 5) is 12.2. The van der Waals surface area contributed by atoms with E-state index in [0.717, 1.165) is 10.2 Å². The molecule has 0 amide bonds. The Bertz CT molecular complexity index is 1040. The van der Waals surface area contributed by atoms with Gasteiger partial charge in [0, 0.05) is 25.9 Å². The summed E-state index contributed by atoms with van der Waals surface area (Å²) in [7, 11) is 3.31. The summed E-state index contributed by atoms with van der Waals surface area (Å²) in [5.74, 6) is 3.78. The molecule has 3 rings (SSSR count). The van der Waals surface area contributed by atoms with Crippen LogP contribution >= 0.6 is 0 Å². The maximum Gasteiger partial charge on any atom is 0.369 e. The second-order valence-corrected chi connectivity index (χ2v) is 5.38. The number of terminal acetylenes is 1. The van der Waals surface area contributed by atoms with E-state index in [1.807, 2.05) is 6.92 Å². The van der Waals surface area contributed by atoms with Crippen molar-refractivity contribution in [3.8, 4) is 23.9 Å². The van der Waals surface area contributed by atoms with Crippen LogP contribution in [0.15, 0.2) is 35.2 Å². The summed E-state index contributed by atoms with van der Waals surface area (Å²) in [6, 6.07) is 5.53. The van der Waals surface area contributed by atoms with Crippen molar-refractivity contribution >= 4 is 0 Å². The highest BCUT2D eigenvalue weighted by Crippen LogP contribution is 2.23. The molecule has 0 bridgehead atoms. The quantitative estimate of drug-likeness (QED) is 0.676. The molecule has 2 aromatic heterocycles. The van der Waals surface area contributed by atoms with Gasteiger partial charge in [-0.25, -0.2) is 4.79 Å². The molecule has 0 aliphatic heterocycles. The Kier molecular flexibility index (Phi) is 3.63. The molecule has 0 saturated heterocycles. The Morgan fingerprint density at radius 1 is 1.38 bits per heavy atom. The molecule has 2 heterocycles. The largest absolute Gasteiger partial charge is 0.488 e. The van der Waals surface area contributed by atoms with Crippen molar-refractivity contribution in [1.29, 1.82) is 0 Å². The normalized spacial score (nSPS) is 11.2. The van der Waals surface area contributed by atoms with Gasteiger partial charge in [0.05, 0.1) is 6.93 Å². The monoisotopic (exact) mass is 325 g/mol. The number of nitrogens with zero attached hydrogens (tertiary/aromatic N) is 5. The van der Waals surface area contributed by atoms with Crippen molar-refractivity contribution in [1.82, 2.24) is 24.4 Å². The predicted molar refractivity (Wildman–Crippen MR) is 89.0 cm³/mol. The number of benzene rings is 1. The van der Waals surface area contributed by atoms with E-state index in [4.69, 9.17) is 12.5 Å². The Morgan fingerprint density at radius 2 is 2.17 bits per heavy atom. The smallest absolute Gasteiger partial charge is 0.369 e. The molecule has 24 heavy (non-hydrogen) atoms. The first-order valence-electron chi connectivity index (χ1n) is 7.76. The Labute approximate surface area is 140 Å². The molecule has 7 nitrogen and oxygen atoms in total. The van der Waals surface area contributed by atoms with Crippen LogP contribution in [-0.2, 0) is 20.7 Å². The molecule has 0 radical (unpaired) electrons. The van der Waals surface area contributed by atoms with Gasteiger partial charge in [0.1, 0.15) is 18.2 Å². The van der Waals surface area contributed by atoms with Crippen LogP contribution in [0.2, 0.25) is 0 Å². The molecule has 0 atom stereocenters. The molecule has 0 aliphatic rings. The molecule has 3 aromatic rings. The van der Waals surface area contributed by atoms with Crippen molar-refractivity contribution in [2.45, 2.75) is 13.5 Å². The van der Waals surface area contributed by atoms with Gasteiger partial charge in [0.15, 0.2) is 0 Å². The zero-order valence-corrected chi connectivity index (χ0v) is 13.6. The molecular formula is C17H17N5O2. The molecule has 122 valence electrons. The van der Waals surface area contributed by atoms with Gasteiger partial charge in [0.2, 0.25) is 0 Å². The first kappa shape index (κ1) is 14.3. The zero-order valence-electron chi connectivity index (χ0n) is 14.6. The van der Waals surface area contributed by atoms with Crippen LogP contribution in [0, 0.1) is 19.3 Å². The average molecular weight is 325 g/mol. The minimum absolute atomic E-state index is 0.164. The first-order chi connectivity index (χ1) is 11.9. The third-order valence-electron chi connectivity index (χ3n) is 3.72. The van der Waals surface area contributed by atoms with Gasteiger partial charge in [-0.2, -0.15) is 4.68 Å². The van der Waals surface area contributed by atoms with Gasteiger partial charge in [-0.3, -0.25) is 0 Å². The third-order valence-corrected chi connectivity index (χ3v) is 3.72. The van der Waals surface area contributed by atoms with Crippen molar-refractivity contribution < 1.29 is 6.11 Å². The second-order valence-electron chi connectivity index (χ2n) is 5.38. The number of aryl methyl sites for hydroxylation is 3. The van der Waals surface area contributed by atoms with Crippen molar-refractivity contribution in [3.05, 3.63) is 57.6 Å². The van der Waals surface area contributed by atoms with Crippen LogP contribution in [0.3, 0.4) is 0 Å². The minimum atomic E-state index is -0.374. The number of para-hydroxylation sites is 1. The lowest BCUT2D eigenvalue weighted by molar-refractivity contribution is 0.303. The van der Waals surface area contributed by atoms with Gasteiger partial charge in [-0.05, 0) is 29.0 Å². The van der Waals surface area contributed by atoms with Crippen LogP contribution in [0.4, 0.5) is 0 Å². The number of hydrogen-bond donors (Lipinski definition) is 0. The molecule has 0 fully saturated rings. The van der Waals surface area contributed by atoms with E-state index in [1.54, 1.807) is 36.0 Å². The van der Waals surface area contributed by atoms with Crippen LogP contribution in [0.5, 0.6) is 5.75 Å². The average Bonchev–Trinajstić information content (AvgIpc) is 3.06. The lowest BCUT2D eigenvalue weighted by Crippen LogP contribution is -2.24. The molecule has 1 aromatic carbocycles. The Hall–Kier alpha value is -3.27. The van der Waals surface area contributed by atoms with Gasteiger partial charge in [-0.1, -0.05) is 24.1 Å². The van der Waals surface area contributed by atoms with Gasteiger partial charge in [0.25, 0.3) is 0 Å². The predicted octanol–water partition coefficient (Wildman–Crippen LogP) is 1.17. The first-order valence-corrected chi connectivity index (χ1v) is 7.26. The summed E-state index contributed by atoms with van der Waals surface area (Å²) in [6.45, 7) is 2.03. The van der Waals surface area contributed by atoms with Crippen molar-refractivity contribution in [2.24, 2.45) is 14.1 Å². The maximum absolute atomic E-state index is 12.2. The number of tetrazole rings is 1. The molecular weight excluding hydrogens is 306 g/mol. The van der Waals surface area contributed by atoms with Crippen molar-refractivity contribution in [2.75, 3.05) is 0 Å². The van der Waals surface area contributed by atoms with Gasteiger partial charge < -0.3 is 9.30 Å². The molecule has 0 aliphatic carbocycles. The standard InChI is InChI=1S/C17H17N5O2/c1-5-13-10-20(3)16(22-17(23)21(4)18-19-22)14(13)11-24-15-9-7-6-8-12(15)2/h1,6-10H,11H2,2-4H3/i6T. The fraction of sp³-hybridized carbons (Fsp3) is 0.235. The second kappa shape index (κ2) is 6.08. The zero-order chi connectivity index (χ0) is 18.1. The number of hydrogen-bond acceptors (Lipinski definition) is 4. The lowest BCUT2D eigenvalue weighted by atomic mass is 10.2. The van der Waals surface area contributed by atoms with Crippen LogP contribution in [0.25, 0.3) is 5.82 Å². The summed E-state index contributed by atoms with van der Waals surface area (Å²) in [5.41, 5.74) is 1.76. The van der Waals surface area contributed by atoms with Gasteiger partial charge >= 0.3 is 5.69 Å². The summed E-state index contributed by atoms with van der Waals surface area (Å²) in [5, 5.41) is 7.63. The molecule has 0 spiro atoms. The topological polar surface area (TPSA) is 66.9 Å². The Balaban J connectivity index is 2.02. The number of ether oxygens (including phenoxy) is 1. The van der Waals surface area contributed by atoms with E-state index in [1.165, 1.54) is 11.7 Å². The Morgan fingerprint density at radius 3 is 2.79 bits per heavy atom. The van der Waals surface area contributed by atoms with Gasteiger partial charge in [-0.15, -0.1) is 11.1 Å². The van der Waals surface area contributed by atoms with E-state index in [9.17, 15) is 4.79 Å². The highest BCUT2D eigenvalue weighted by Gasteiger charge is 2.19. The van der Waals surface area contributed by atoms with E-state index < -0.39 is 0 Å². The molecule has 0 unspecified atom stereocenters. The van der Waals surface area contributed by atoms with E-state index >= 15 is 0 Å². The fourth-order valence-electron chi connectivity index (χ4n) is 2.47. The van der Waals surface area contributed by atoms with Crippen LogP contribution in [-0.4, -0.2) is 24.4 Å². The molecule has 0 N–H and O–H groups in total. The number of aromatic nitrogens is 5. The fourth-order valence-corrected chi connectivity index (χ4v) is 2.47. The highest BCUT2D eigenvalue weighted by atomic mass is 16.5. The maximum atomic E-state index is 12.2. The summed E-state index contributed by atoms with van der Waals surface area (Å²) < 4.78 is 17.6. The van der Waals surface area contributed by atoms with E-state index in [2.05, 4.69) is 16.3 Å². The third kappa shape index (κ3) is 2.58. The van der Waals surface area contributed by atoms with Crippen molar-refractivity contribution in [3.63, 3.8) is 0 Å². The summed E-state index contributed by atoms with van der Waals surface area (Å²) >= 11 is 0. The SMILES string of the molecule is [3H]c1ccc(OCc2c(C#C)cn(C)c2-n2nnn(C)c2=O)c(C)c1. The minimum Gasteiger partial charge on any atom is -0.488 e.